The van der Waals surface area contributed by atoms with Crippen LogP contribution in [0.25, 0.3) is 11.1 Å². The quantitative estimate of drug-likeness (QED) is 0.559. The molecule has 2 aromatic carbocycles. The Morgan fingerprint density at radius 2 is 1.88 bits per heavy atom. The van der Waals surface area contributed by atoms with E-state index in [1.807, 2.05) is 50.5 Å². The van der Waals surface area contributed by atoms with Crippen molar-refractivity contribution >= 4 is 15.1 Å². The number of alkyl halides is 1. The third-order valence-corrected chi connectivity index (χ3v) is 6.49. The van der Waals surface area contributed by atoms with Crippen LogP contribution in [-0.2, 0) is 5.60 Å². The minimum Gasteiger partial charge on any atom is -0.457 e. The Balaban J connectivity index is 1.53. The lowest BCUT2D eigenvalue weighted by atomic mass is 9.86. The highest BCUT2D eigenvalue weighted by atomic mass is 31.0. The van der Waals surface area contributed by atoms with Gasteiger partial charge in [0.05, 0.1) is 6.04 Å². The van der Waals surface area contributed by atoms with Crippen molar-refractivity contribution in [3.63, 3.8) is 0 Å². The van der Waals surface area contributed by atoms with Crippen LogP contribution >= 0.6 is 9.24 Å². The van der Waals surface area contributed by atoms with E-state index < -0.39 is 11.7 Å². The van der Waals surface area contributed by atoms with Crippen molar-refractivity contribution in [1.82, 2.24) is 14.9 Å². The average molecular weight is 465 g/mol. The van der Waals surface area contributed by atoms with Crippen LogP contribution < -0.4 is 4.74 Å². The highest BCUT2D eigenvalue weighted by Crippen LogP contribution is 2.51. The van der Waals surface area contributed by atoms with Crippen LogP contribution in [0, 0.1) is 0 Å². The Labute approximate surface area is 194 Å². The first-order valence-corrected chi connectivity index (χ1v) is 11.6. The maximum Gasteiger partial charge on any atom is 0.254 e. The van der Waals surface area contributed by atoms with Gasteiger partial charge in [0.2, 0.25) is 6.10 Å². The monoisotopic (exact) mass is 465 g/mol. The predicted octanol–water partition coefficient (Wildman–Crippen LogP) is 4.56. The van der Waals surface area contributed by atoms with Crippen molar-refractivity contribution in [2.24, 2.45) is 0 Å². The molecule has 0 bridgehead atoms. The van der Waals surface area contributed by atoms with Crippen LogP contribution in [-0.4, -0.2) is 38.5 Å². The first-order chi connectivity index (χ1) is 15.7. The van der Waals surface area contributed by atoms with E-state index in [0.717, 1.165) is 28.7 Å². The molecule has 3 heterocycles. The van der Waals surface area contributed by atoms with Gasteiger partial charge in [-0.3, -0.25) is 4.79 Å². The molecule has 3 aromatic rings. The molecule has 0 aliphatic carbocycles. The number of benzene rings is 2. The van der Waals surface area contributed by atoms with Gasteiger partial charge in [-0.05, 0) is 55.2 Å². The van der Waals surface area contributed by atoms with Gasteiger partial charge in [0, 0.05) is 36.0 Å². The molecule has 1 N–H and O–H groups in total. The molecule has 33 heavy (non-hydrogen) atoms. The molecular weight excluding hydrogens is 440 g/mol. The van der Waals surface area contributed by atoms with E-state index in [1.54, 1.807) is 32.3 Å². The number of hydrogen-bond donors (Lipinski definition) is 1. The summed E-state index contributed by atoms with van der Waals surface area (Å²) < 4.78 is 19.0. The fraction of sp³-hybridized carbons (Fsp3) is 0.320. The molecule has 0 radical (unpaired) electrons. The summed E-state index contributed by atoms with van der Waals surface area (Å²) in [6, 6.07) is 13.1. The van der Waals surface area contributed by atoms with Crippen molar-refractivity contribution in [3.8, 4) is 16.9 Å². The lowest BCUT2D eigenvalue weighted by Crippen LogP contribution is -2.23. The van der Waals surface area contributed by atoms with Crippen LogP contribution in [0.4, 0.5) is 4.39 Å². The largest absolute Gasteiger partial charge is 0.457 e. The van der Waals surface area contributed by atoms with Gasteiger partial charge in [0.1, 0.15) is 11.4 Å². The first-order valence-electron chi connectivity index (χ1n) is 10.9. The molecule has 1 saturated heterocycles. The van der Waals surface area contributed by atoms with E-state index in [-0.39, 0.29) is 17.9 Å². The average Bonchev–Trinajstić information content (AvgIpc) is 3.33. The normalized spacial score (nSPS) is 20.5. The Bertz CT molecular complexity index is 1210. The first kappa shape index (κ1) is 21.9. The summed E-state index contributed by atoms with van der Waals surface area (Å²) >= 11 is 0. The Hall–Kier alpha value is -2.89. The van der Waals surface area contributed by atoms with E-state index in [1.165, 1.54) is 0 Å². The molecule has 1 fully saturated rings. The lowest BCUT2D eigenvalue weighted by Gasteiger charge is -2.24. The molecule has 2 aliphatic rings. The van der Waals surface area contributed by atoms with E-state index in [9.17, 15) is 14.3 Å². The molecule has 8 heteroatoms. The number of amides is 1. The second-order valence-electron chi connectivity index (χ2n) is 9.00. The summed E-state index contributed by atoms with van der Waals surface area (Å²) in [5.74, 6) is 0.866. The zero-order valence-electron chi connectivity index (χ0n) is 18.4. The molecular formula is C25H25FN3O3P. The summed E-state index contributed by atoms with van der Waals surface area (Å²) in [7, 11) is 2.01. The summed E-state index contributed by atoms with van der Waals surface area (Å²) in [5, 5.41) is 10.1. The molecule has 170 valence electrons. The molecule has 4 atom stereocenters. The second kappa shape index (κ2) is 8.15. The van der Waals surface area contributed by atoms with Crippen molar-refractivity contribution in [3.05, 3.63) is 77.4 Å². The number of ether oxygens (including phenoxy) is 1. The van der Waals surface area contributed by atoms with Gasteiger partial charge in [-0.15, -0.1) is 0 Å². The fourth-order valence-electron chi connectivity index (χ4n) is 4.88. The van der Waals surface area contributed by atoms with Gasteiger partial charge in [-0.1, -0.05) is 33.5 Å². The fourth-order valence-corrected chi connectivity index (χ4v) is 5.02. The van der Waals surface area contributed by atoms with Crippen LogP contribution in [0.1, 0.15) is 59.5 Å². The van der Waals surface area contributed by atoms with Gasteiger partial charge in [-0.25, -0.2) is 9.97 Å². The van der Waals surface area contributed by atoms with Gasteiger partial charge in [0.15, 0.2) is 5.82 Å². The summed E-state index contributed by atoms with van der Waals surface area (Å²) in [6.45, 7) is 3.92. The molecule has 0 saturated carbocycles. The summed E-state index contributed by atoms with van der Waals surface area (Å²) in [4.78, 5) is 23.6. The van der Waals surface area contributed by atoms with Crippen molar-refractivity contribution in [2.75, 3.05) is 6.54 Å². The zero-order chi connectivity index (χ0) is 23.3. The molecule has 0 spiro atoms. The maximum atomic E-state index is 13.6. The van der Waals surface area contributed by atoms with Crippen LogP contribution in [0.2, 0.25) is 0 Å². The van der Waals surface area contributed by atoms with Crippen molar-refractivity contribution in [2.45, 2.75) is 43.9 Å². The van der Waals surface area contributed by atoms with Gasteiger partial charge < -0.3 is 14.7 Å². The third-order valence-electron chi connectivity index (χ3n) is 6.35. The van der Waals surface area contributed by atoms with Crippen molar-refractivity contribution in [1.29, 1.82) is 0 Å². The summed E-state index contributed by atoms with van der Waals surface area (Å²) in [5.41, 5.74) is 3.12. The number of fused-ring (bicyclic) bond motifs is 3. The number of para-hydroxylation sites is 1. The molecule has 4 unspecified atom stereocenters. The second-order valence-corrected chi connectivity index (χ2v) is 9.53. The molecule has 2 aliphatic heterocycles. The standard InChI is InChI=1S/C25H25FN3O3P/c1-25(2,31)23-27-12-15(13-28-23)14-7-8-18-19(11-14)21-17(9-10-29(21)22(18)30)16-5-3-4-6-20(16)32-24(26)33/h3-8,11-13,17,21,24,31H,9-10,33H2,1-2H3. The zero-order valence-corrected chi connectivity index (χ0v) is 19.6. The van der Waals surface area contributed by atoms with Crippen LogP contribution in [0.5, 0.6) is 5.75 Å². The molecule has 6 nitrogen and oxygen atoms in total. The van der Waals surface area contributed by atoms with Gasteiger partial charge in [0.25, 0.3) is 5.91 Å². The topological polar surface area (TPSA) is 75.6 Å². The van der Waals surface area contributed by atoms with Gasteiger partial charge >= 0.3 is 0 Å². The Morgan fingerprint density at radius 3 is 2.58 bits per heavy atom. The number of aliphatic hydroxyl groups is 1. The number of carbonyl (C=O) groups is 1. The Kier molecular flexibility index (Phi) is 5.42. The maximum absolute atomic E-state index is 13.6. The van der Waals surface area contributed by atoms with E-state index in [2.05, 4.69) is 9.97 Å². The minimum absolute atomic E-state index is 0.000728. The number of nitrogens with zero attached hydrogens (tertiary/aromatic N) is 3. The molecule has 1 amide bonds. The smallest absolute Gasteiger partial charge is 0.254 e. The number of aromatic nitrogens is 2. The van der Waals surface area contributed by atoms with Gasteiger partial charge in [-0.2, -0.15) is 4.39 Å². The van der Waals surface area contributed by atoms with E-state index >= 15 is 0 Å². The van der Waals surface area contributed by atoms with Crippen LogP contribution in [0.3, 0.4) is 0 Å². The number of halogens is 1. The van der Waals surface area contributed by atoms with E-state index in [4.69, 9.17) is 4.74 Å². The SMILES string of the molecule is CC(C)(O)c1ncc(-c2ccc3c(c2)C2C(c4ccccc4OC(F)P)CCN2C3=O)cn1. The Morgan fingerprint density at radius 1 is 1.15 bits per heavy atom. The van der Waals surface area contributed by atoms with Crippen molar-refractivity contribution < 1.29 is 19.0 Å². The lowest BCUT2D eigenvalue weighted by molar-refractivity contribution is 0.0687. The molecule has 1 aromatic heterocycles. The third kappa shape index (κ3) is 3.90. The highest BCUT2D eigenvalue weighted by Gasteiger charge is 2.46. The van der Waals surface area contributed by atoms with E-state index in [0.29, 0.717) is 23.7 Å². The number of carbonyl (C=O) groups excluding carboxylic acids is 1. The highest BCUT2D eigenvalue weighted by molar-refractivity contribution is 7.16. The minimum atomic E-state index is -1.50. The number of rotatable bonds is 5. The molecule has 5 rings (SSSR count). The number of hydrogen-bond acceptors (Lipinski definition) is 5. The van der Waals surface area contributed by atoms with Crippen LogP contribution in [0.15, 0.2) is 54.9 Å². The summed E-state index contributed by atoms with van der Waals surface area (Å²) in [6.07, 6.45) is 2.65. The predicted molar refractivity (Wildman–Crippen MR) is 126 cm³/mol.